The lowest BCUT2D eigenvalue weighted by Crippen LogP contribution is -2.44. The smallest absolute Gasteiger partial charge is 0.233 e. The molecule has 1 rings (SSSR count). The Morgan fingerprint density at radius 2 is 2.25 bits per heavy atom. The normalized spacial score (nSPS) is 23.1. The molecule has 3 nitrogen and oxygen atoms in total. The van der Waals surface area contributed by atoms with Crippen molar-refractivity contribution >= 4 is 17.7 Å². The second-order valence-electron chi connectivity index (χ2n) is 4.73. The highest BCUT2D eigenvalue weighted by Gasteiger charge is 2.24. The fourth-order valence-electron chi connectivity index (χ4n) is 1.93. The van der Waals surface area contributed by atoms with Gasteiger partial charge in [-0.05, 0) is 30.9 Å². The first-order valence-corrected chi connectivity index (χ1v) is 7.23. The lowest BCUT2D eigenvalue weighted by atomic mass is 10.0. The van der Waals surface area contributed by atoms with E-state index in [0.717, 1.165) is 18.6 Å². The van der Waals surface area contributed by atoms with Gasteiger partial charge in [0.15, 0.2) is 0 Å². The maximum Gasteiger partial charge on any atom is 0.233 e. The highest BCUT2D eigenvalue weighted by Crippen LogP contribution is 2.25. The van der Waals surface area contributed by atoms with Gasteiger partial charge < -0.3 is 10.4 Å². The van der Waals surface area contributed by atoms with Crippen LogP contribution in [0, 0.1) is 5.92 Å². The van der Waals surface area contributed by atoms with E-state index in [1.54, 1.807) is 11.8 Å². The Bertz CT molecular complexity index is 215. The van der Waals surface area contributed by atoms with Gasteiger partial charge in [0.05, 0.1) is 5.25 Å². The summed E-state index contributed by atoms with van der Waals surface area (Å²) in [6, 6.07) is 0.111. The van der Waals surface area contributed by atoms with E-state index < -0.39 is 0 Å². The zero-order valence-corrected chi connectivity index (χ0v) is 11.1. The zero-order valence-electron chi connectivity index (χ0n) is 10.2. The molecule has 0 aromatic rings. The van der Waals surface area contributed by atoms with Crippen molar-refractivity contribution in [2.45, 2.75) is 50.8 Å². The summed E-state index contributed by atoms with van der Waals surface area (Å²) in [7, 11) is 0. The topological polar surface area (TPSA) is 49.3 Å². The summed E-state index contributed by atoms with van der Waals surface area (Å²) in [5.41, 5.74) is 0. The van der Waals surface area contributed by atoms with Gasteiger partial charge in [0.25, 0.3) is 0 Å². The SMILES string of the molecule is CC(C)C(CCO)NC(=O)C1CCCCS1. The number of carbonyl (C=O) groups is 1. The Kier molecular flexibility index (Phi) is 6.21. The van der Waals surface area contributed by atoms with Crippen molar-refractivity contribution in [2.75, 3.05) is 12.4 Å². The van der Waals surface area contributed by atoms with Crippen molar-refractivity contribution in [2.24, 2.45) is 5.92 Å². The molecule has 1 fully saturated rings. The third-order valence-electron chi connectivity index (χ3n) is 3.04. The van der Waals surface area contributed by atoms with Crippen molar-refractivity contribution < 1.29 is 9.90 Å². The highest BCUT2D eigenvalue weighted by molar-refractivity contribution is 8.00. The average molecular weight is 245 g/mol. The molecule has 1 saturated heterocycles. The predicted molar refractivity (Wildman–Crippen MR) is 68.6 cm³/mol. The number of hydrogen-bond acceptors (Lipinski definition) is 3. The fraction of sp³-hybridized carbons (Fsp3) is 0.917. The van der Waals surface area contributed by atoms with Gasteiger partial charge in [-0.25, -0.2) is 0 Å². The van der Waals surface area contributed by atoms with E-state index in [0.29, 0.717) is 12.3 Å². The summed E-state index contributed by atoms with van der Waals surface area (Å²) in [5.74, 6) is 1.64. The summed E-state index contributed by atoms with van der Waals surface area (Å²) in [5, 5.41) is 12.2. The molecule has 2 N–H and O–H groups in total. The van der Waals surface area contributed by atoms with Crippen LogP contribution in [0.25, 0.3) is 0 Å². The molecule has 2 atom stereocenters. The second-order valence-corrected chi connectivity index (χ2v) is 6.04. The Morgan fingerprint density at radius 1 is 1.50 bits per heavy atom. The molecule has 0 radical (unpaired) electrons. The van der Waals surface area contributed by atoms with Gasteiger partial charge in [0.2, 0.25) is 5.91 Å². The van der Waals surface area contributed by atoms with Crippen molar-refractivity contribution in [3.63, 3.8) is 0 Å². The van der Waals surface area contributed by atoms with Gasteiger partial charge in [0.1, 0.15) is 0 Å². The summed E-state index contributed by atoms with van der Waals surface area (Å²) in [6.45, 7) is 4.30. The Hall–Kier alpha value is -0.220. The van der Waals surface area contributed by atoms with E-state index in [2.05, 4.69) is 19.2 Å². The maximum atomic E-state index is 12.0. The Morgan fingerprint density at radius 3 is 2.75 bits per heavy atom. The highest BCUT2D eigenvalue weighted by atomic mass is 32.2. The van der Waals surface area contributed by atoms with Crippen LogP contribution in [0.5, 0.6) is 0 Å². The van der Waals surface area contributed by atoms with Crippen molar-refractivity contribution in [1.82, 2.24) is 5.32 Å². The molecular weight excluding hydrogens is 222 g/mol. The van der Waals surface area contributed by atoms with Crippen molar-refractivity contribution in [1.29, 1.82) is 0 Å². The molecule has 0 bridgehead atoms. The standard InChI is InChI=1S/C12H23NO2S/c1-9(2)10(6-7-14)13-12(15)11-5-3-4-8-16-11/h9-11,14H,3-8H2,1-2H3,(H,13,15). The minimum atomic E-state index is 0.111. The summed E-state index contributed by atoms with van der Waals surface area (Å²) in [6.07, 6.45) is 4.05. The van der Waals surface area contributed by atoms with Crippen LogP contribution >= 0.6 is 11.8 Å². The molecule has 4 heteroatoms. The van der Waals surface area contributed by atoms with Gasteiger partial charge in [0, 0.05) is 12.6 Å². The monoisotopic (exact) mass is 245 g/mol. The Labute approximate surface area is 102 Å². The van der Waals surface area contributed by atoms with E-state index >= 15 is 0 Å². The van der Waals surface area contributed by atoms with Crippen LogP contribution in [-0.2, 0) is 4.79 Å². The van der Waals surface area contributed by atoms with Gasteiger partial charge in [-0.2, -0.15) is 0 Å². The average Bonchev–Trinajstić information content (AvgIpc) is 2.29. The zero-order chi connectivity index (χ0) is 12.0. The van der Waals surface area contributed by atoms with Gasteiger partial charge in [-0.3, -0.25) is 4.79 Å². The third kappa shape index (κ3) is 4.34. The number of thioether (sulfide) groups is 1. The second kappa shape index (κ2) is 7.17. The number of hydrogen-bond donors (Lipinski definition) is 2. The molecule has 0 aromatic heterocycles. The van der Waals surface area contributed by atoms with Crippen molar-refractivity contribution in [3.8, 4) is 0 Å². The third-order valence-corrected chi connectivity index (χ3v) is 4.42. The van der Waals surface area contributed by atoms with E-state index in [9.17, 15) is 4.79 Å². The minimum absolute atomic E-state index is 0.111. The molecule has 1 amide bonds. The van der Waals surface area contributed by atoms with Gasteiger partial charge in [-0.1, -0.05) is 20.3 Å². The maximum absolute atomic E-state index is 12.0. The first-order chi connectivity index (χ1) is 7.65. The lowest BCUT2D eigenvalue weighted by Gasteiger charge is -2.26. The van der Waals surface area contributed by atoms with Gasteiger partial charge in [-0.15, -0.1) is 11.8 Å². The number of carbonyl (C=O) groups excluding carboxylic acids is 1. The number of aliphatic hydroxyl groups excluding tert-OH is 1. The molecule has 1 heterocycles. The van der Waals surface area contributed by atoms with Crippen LogP contribution in [0.3, 0.4) is 0 Å². The first kappa shape index (κ1) is 13.8. The predicted octanol–water partition coefficient (Wildman–Crippen LogP) is 1.80. The van der Waals surface area contributed by atoms with Crippen LogP contribution in [-0.4, -0.2) is 34.7 Å². The number of aliphatic hydroxyl groups is 1. The summed E-state index contributed by atoms with van der Waals surface area (Å²) < 4.78 is 0. The fourth-order valence-corrected chi connectivity index (χ4v) is 3.14. The molecule has 1 aliphatic rings. The van der Waals surface area contributed by atoms with Crippen LogP contribution < -0.4 is 5.32 Å². The number of amides is 1. The van der Waals surface area contributed by atoms with E-state index in [-0.39, 0.29) is 23.8 Å². The summed E-state index contributed by atoms with van der Waals surface area (Å²) in [4.78, 5) is 12.0. The Balaban J connectivity index is 2.40. The minimum Gasteiger partial charge on any atom is -0.396 e. The van der Waals surface area contributed by atoms with Crippen LogP contribution in [0.2, 0.25) is 0 Å². The molecule has 2 unspecified atom stereocenters. The molecule has 0 aliphatic carbocycles. The largest absolute Gasteiger partial charge is 0.396 e. The van der Waals surface area contributed by atoms with E-state index in [1.807, 2.05) is 0 Å². The quantitative estimate of drug-likeness (QED) is 0.776. The van der Waals surface area contributed by atoms with Crippen LogP contribution in [0.15, 0.2) is 0 Å². The van der Waals surface area contributed by atoms with Crippen molar-refractivity contribution in [3.05, 3.63) is 0 Å². The summed E-state index contributed by atoms with van der Waals surface area (Å²) >= 11 is 1.77. The van der Waals surface area contributed by atoms with Crippen LogP contribution in [0.1, 0.15) is 39.5 Å². The van der Waals surface area contributed by atoms with Crippen LogP contribution in [0.4, 0.5) is 0 Å². The molecule has 0 saturated carbocycles. The number of nitrogens with one attached hydrogen (secondary N) is 1. The van der Waals surface area contributed by atoms with E-state index in [4.69, 9.17) is 5.11 Å². The van der Waals surface area contributed by atoms with E-state index in [1.165, 1.54) is 6.42 Å². The molecule has 94 valence electrons. The lowest BCUT2D eigenvalue weighted by molar-refractivity contribution is -0.121. The molecule has 16 heavy (non-hydrogen) atoms. The molecule has 1 aliphatic heterocycles. The van der Waals surface area contributed by atoms with Gasteiger partial charge >= 0.3 is 0 Å². The molecular formula is C12H23NO2S. The molecule has 0 spiro atoms. The number of rotatable bonds is 5. The first-order valence-electron chi connectivity index (χ1n) is 6.18. The molecule has 0 aromatic carbocycles.